The molecule has 3 aromatic rings. The number of alkyl carbamates (subject to hydrolysis) is 1. The Bertz CT molecular complexity index is 1070. The highest BCUT2D eigenvalue weighted by molar-refractivity contribution is 5.79. The first-order valence-corrected chi connectivity index (χ1v) is 10.7. The van der Waals surface area contributed by atoms with Crippen molar-refractivity contribution in [2.45, 2.75) is 31.5 Å². The Kier molecular flexibility index (Phi) is 6.44. The molecule has 1 aliphatic rings. The molecule has 4 rings (SSSR count). The fourth-order valence-electron chi connectivity index (χ4n) is 4.21. The van der Waals surface area contributed by atoms with Crippen LogP contribution in [0.5, 0.6) is 5.75 Å². The fraction of sp³-hybridized carbons (Fsp3) is 0.269. The van der Waals surface area contributed by atoms with Gasteiger partial charge in [0.15, 0.2) is 0 Å². The number of phenolic OH excluding ortho intramolecular Hbond substituents is 1. The molecule has 0 saturated carbocycles. The van der Waals surface area contributed by atoms with Crippen molar-refractivity contribution in [2.24, 2.45) is 0 Å². The van der Waals surface area contributed by atoms with E-state index in [4.69, 9.17) is 4.74 Å². The summed E-state index contributed by atoms with van der Waals surface area (Å²) in [7, 11) is 0. The van der Waals surface area contributed by atoms with Gasteiger partial charge in [0.05, 0.1) is 6.10 Å². The van der Waals surface area contributed by atoms with Crippen LogP contribution in [0.3, 0.4) is 0 Å². The minimum absolute atomic E-state index is 0.0155. The smallest absolute Gasteiger partial charge is 0.407 e. The Labute approximate surface area is 187 Å². The van der Waals surface area contributed by atoms with Crippen molar-refractivity contribution in [1.82, 2.24) is 5.32 Å². The summed E-state index contributed by atoms with van der Waals surface area (Å²) in [6, 6.07) is 20.9. The van der Waals surface area contributed by atoms with Crippen molar-refractivity contribution in [3.05, 3.63) is 89.0 Å². The highest BCUT2D eigenvalue weighted by Gasteiger charge is 2.29. The van der Waals surface area contributed by atoms with Gasteiger partial charge in [-0.2, -0.15) is 0 Å². The predicted octanol–water partition coefficient (Wildman–Crippen LogP) is 4.02. The van der Waals surface area contributed by atoms with E-state index in [2.05, 4.69) is 29.6 Å². The molecule has 0 heterocycles. The minimum atomic E-state index is -1.11. The van der Waals surface area contributed by atoms with Gasteiger partial charge in [-0.25, -0.2) is 4.79 Å². The predicted molar refractivity (Wildman–Crippen MR) is 121 cm³/mol. The summed E-state index contributed by atoms with van der Waals surface area (Å²) in [4.78, 5) is 12.2. The van der Waals surface area contributed by atoms with Crippen molar-refractivity contribution in [3.8, 4) is 16.9 Å². The molecule has 0 saturated heterocycles. The number of aryl methyl sites for hydroxylation is 1. The summed E-state index contributed by atoms with van der Waals surface area (Å²) in [5.41, 5.74) is 5.74. The summed E-state index contributed by atoms with van der Waals surface area (Å²) in [5, 5.41) is 32.8. The van der Waals surface area contributed by atoms with E-state index in [0.29, 0.717) is 11.1 Å². The van der Waals surface area contributed by atoms with Gasteiger partial charge in [-0.05, 0) is 58.9 Å². The number of aromatic hydroxyl groups is 1. The highest BCUT2D eigenvalue weighted by Crippen LogP contribution is 2.44. The molecule has 2 unspecified atom stereocenters. The average molecular weight is 434 g/mol. The van der Waals surface area contributed by atoms with Gasteiger partial charge in [-0.1, -0.05) is 54.6 Å². The number of phenols is 1. The van der Waals surface area contributed by atoms with Crippen LogP contribution >= 0.6 is 0 Å². The Morgan fingerprint density at radius 1 is 1.00 bits per heavy atom. The lowest BCUT2D eigenvalue weighted by atomic mass is 9.98. The fourth-order valence-corrected chi connectivity index (χ4v) is 4.21. The third kappa shape index (κ3) is 4.47. The van der Waals surface area contributed by atoms with Gasteiger partial charge in [0.1, 0.15) is 18.5 Å². The molecule has 32 heavy (non-hydrogen) atoms. The second-order valence-corrected chi connectivity index (χ2v) is 8.10. The van der Waals surface area contributed by atoms with E-state index >= 15 is 0 Å². The molecule has 0 bridgehead atoms. The van der Waals surface area contributed by atoms with Crippen LogP contribution in [0.25, 0.3) is 11.1 Å². The largest absolute Gasteiger partial charge is 0.508 e. The Morgan fingerprint density at radius 2 is 1.62 bits per heavy atom. The topological polar surface area (TPSA) is 99.0 Å². The molecule has 3 aromatic carbocycles. The van der Waals surface area contributed by atoms with Crippen LogP contribution in [0.2, 0.25) is 0 Å². The molecule has 166 valence electrons. The summed E-state index contributed by atoms with van der Waals surface area (Å²) < 4.78 is 5.47. The quantitative estimate of drug-likeness (QED) is 0.451. The number of carbonyl (C=O) groups excluding carboxylic acids is 1. The number of hydrogen-bond donors (Lipinski definition) is 4. The number of fused-ring (bicyclic) bond motifs is 3. The van der Waals surface area contributed by atoms with Crippen LogP contribution in [0, 0.1) is 6.92 Å². The van der Waals surface area contributed by atoms with Crippen molar-refractivity contribution >= 4 is 6.09 Å². The molecule has 6 nitrogen and oxygen atoms in total. The average Bonchev–Trinajstić information content (AvgIpc) is 3.12. The number of amides is 1. The van der Waals surface area contributed by atoms with Gasteiger partial charge in [0, 0.05) is 12.5 Å². The summed E-state index contributed by atoms with van der Waals surface area (Å²) in [5.74, 6) is 0.116. The van der Waals surface area contributed by atoms with Crippen LogP contribution in [-0.2, 0) is 4.74 Å². The summed E-state index contributed by atoms with van der Waals surface area (Å²) >= 11 is 0. The van der Waals surface area contributed by atoms with Crippen LogP contribution in [0.4, 0.5) is 4.79 Å². The maximum atomic E-state index is 12.2. The number of benzene rings is 3. The van der Waals surface area contributed by atoms with Gasteiger partial charge in [0.25, 0.3) is 0 Å². The Hall–Kier alpha value is -3.35. The SMILES string of the molecule is Cc1cc(C(O)C(O)CCNC(=O)OCC2c3ccccc3-c3ccccc32)ccc1O. The van der Waals surface area contributed by atoms with Crippen LogP contribution in [-0.4, -0.2) is 40.7 Å². The first kappa shape index (κ1) is 21.9. The van der Waals surface area contributed by atoms with Crippen LogP contribution in [0.15, 0.2) is 66.7 Å². The molecule has 0 radical (unpaired) electrons. The molecule has 0 fully saturated rings. The Morgan fingerprint density at radius 3 is 2.25 bits per heavy atom. The molecule has 1 amide bonds. The molecular weight excluding hydrogens is 406 g/mol. The van der Waals surface area contributed by atoms with Crippen molar-refractivity contribution in [3.63, 3.8) is 0 Å². The van der Waals surface area contributed by atoms with Gasteiger partial charge in [-0.3, -0.25) is 0 Å². The number of carbonyl (C=O) groups is 1. The van der Waals surface area contributed by atoms with Crippen molar-refractivity contribution in [2.75, 3.05) is 13.2 Å². The van der Waals surface area contributed by atoms with Gasteiger partial charge in [0.2, 0.25) is 0 Å². The van der Waals surface area contributed by atoms with Crippen molar-refractivity contribution in [1.29, 1.82) is 0 Å². The number of aliphatic hydroxyl groups excluding tert-OH is 2. The van der Waals surface area contributed by atoms with Gasteiger partial charge in [-0.15, -0.1) is 0 Å². The van der Waals surface area contributed by atoms with Gasteiger partial charge < -0.3 is 25.4 Å². The number of nitrogens with one attached hydrogen (secondary N) is 1. The number of ether oxygens (including phenoxy) is 1. The number of rotatable bonds is 7. The van der Waals surface area contributed by atoms with E-state index in [1.54, 1.807) is 19.1 Å². The van der Waals surface area contributed by atoms with Crippen LogP contribution < -0.4 is 5.32 Å². The zero-order chi connectivity index (χ0) is 22.7. The van der Waals surface area contributed by atoms with E-state index in [1.807, 2.05) is 24.3 Å². The maximum absolute atomic E-state index is 12.2. The zero-order valence-electron chi connectivity index (χ0n) is 17.9. The highest BCUT2D eigenvalue weighted by atomic mass is 16.5. The lowest BCUT2D eigenvalue weighted by Crippen LogP contribution is -2.30. The number of aliphatic hydroxyl groups is 2. The summed E-state index contributed by atoms with van der Waals surface area (Å²) in [6.45, 7) is 2.10. The molecule has 6 heteroatoms. The van der Waals surface area contributed by atoms with E-state index < -0.39 is 18.3 Å². The summed E-state index contributed by atoms with van der Waals surface area (Å²) in [6.07, 6.45) is -2.58. The van der Waals surface area contributed by atoms with Crippen molar-refractivity contribution < 1.29 is 24.9 Å². The Balaban J connectivity index is 1.28. The number of hydrogen-bond acceptors (Lipinski definition) is 5. The molecular formula is C26H27NO5. The van der Waals surface area contributed by atoms with Crippen LogP contribution in [0.1, 0.15) is 40.7 Å². The van der Waals surface area contributed by atoms with E-state index in [9.17, 15) is 20.1 Å². The van der Waals surface area contributed by atoms with Gasteiger partial charge >= 0.3 is 6.09 Å². The third-order valence-electron chi connectivity index (χ3n) is 5.98. The van der Waals surface area contributed by atoms with E-state index in [-0.39, 0.29) is 31.2 Å². The lowest BCUT2D eigenvalue weighted by Gasteiger charge is -2.19. The maximum Gasteiger partial charge on any atom is 0.407 e. The monoisotopic (exact) mass is 433 g/mol. The standard InChI is InChI=1S/C26H27NO5/c1-16-14-17(10-11-23(16)28)25(30)24(29)12-13-27-26(31)32-15-22-20-8-4-2-6-18(20)19-7-3-5-9-21(19)22/h2-11,14,22,24-25,28-30H,12-13,15H2,1H3,(H,27,31). The van der Waals surface area contributed by atoms with E-state index in [0.717, 1.165) is 11.1 Å². The van der Waals surface area contributed by atoms with E-state index in [1.165, 1.54) is 17.2 Å². The molecule has 0 aromatic heterocycles. The molecule has 0 spiro atoms. The normalized spacial score (nSPS) is 14.3. The molecule has 0 aliphatic heterocycles. The first-order valence-electron chi connectivity index (χ1n) is 10.7. The molecule has 1 aliphatic carbocycles. The third-order valence-corrected chi connectivity index (χ3v) is 5.98. The second-order valence-electron chi connectivity index (χ2n) is 8.10. The lowest BCUT2D eigenvalue weighted by molar-refractivity contribution is 0.0136. The minimum Gasteiger partial charge on any atom is -0.508 e. The second kappa shape index (κ2) is 9.42. The molecule has 2 atom stereocenters. The molecule has 4 N–H and O–H groups in total. The first-order chi connectivity index (χ1) is 15.5. The zero-order valence-corrected chi connectivity index (χ0v) is 17.9.